The van der Waals surface area contributed by atoms with E-state index in [0.717, 1.165) is 6.42 Å². The molecule has 0 bridgehead atoms. The Morgan fingerprint density at radius 2 is 1.75 bits per heavy atom. The monoisotopic (exact) mass is 397 g/mol. The zero-order valence-electron chi connectivity index (χ0n) is 15.9. The summed E-state index contributed by atoms with van der Waals surface area (Å²) in [6.45, 7) is 5.19. The van der Waals surface area contributed by atoms with Gasteiger partial charge in [0.15, 0.2) is 0 Å². The van der Waals surface area contributed by atoms with Gasteiger partial charge in [-0.1, -0.05) is 19.9 Å². The van der Waals surface area contributed by atoms with E-state index in [2.05, 4.69) is 19.2 Å². The summed E-state index contributed by atoms with van der Waals surface area (Å²) in [5, 5.41) is 11.7. The van der Waals surface area contributed by atoms with Gasteiger partial charge in [0, 0.05) is 24.3 Å². The molecule has 1 aliphatic rings. The van der Waals surface area contributed by atoms with E-state index in [9.17, 15) is 13.2 Å². The first kappa shape index (κ1) is 20.1. The molecule has 1 saturated heterocycles. The smallest absolute Gasteiger partial charge is 0.255 e. The second-order valence-corrected chi connectivity index (χ2v) is 9.38. The van der Waals surface area contributed by atoms with E-state index in [-0.39, 0.29) is 10.8 Å². The summed E-state index contributed by atoms with van der Waals surface area (Å²) in [7, 11) is -3.55. The Hall–Kier alpha value is -2.69. The Labute approximate surface area is 165 Å². The molecule has 6 nitrogen and oxygen atoms in total. The minimum atomic E-state index is -3.55. The van der Waals surface area contributed by atoms with Crippen molar-refractivity contribution >= 4 is 21.6 Å². The number of nitrogens with zero attached hydrogens (tertiary/aromatic N) is 2. The van der Waals surface area contributed by atoms with Crippen LogP contribution in [-0.2, 0) is 10.0 Å². The van der Waals surface area contributed by atoms with Crippen molar-refractivity contribution in [3.63, 3.8) is 0 Å². The predicted octanol–water partition coefficient (Wildman–Crippen LogP) is 3.48. The lowest BCUT2D eigenvalue weighted by atomic mass is 9.94. The number of hydrogen-bond acceptors (Lipinski definition) is 4. The first-order valence-corrected chi connectivity index (χ1v) is 10.7. The van der Waals surface area contributed by atoms with Crippen LogP contribution in [0.3, 0.4) is 0 Å². The highest BCUT2D eigenvalue weighted by atomic mass is 32.2. The van der Waals surface area contributed by atoms with E-state index in [1.807, 2.05) is 6.07 Å². The van der Waals surface area contributed by atoms with E-state index in [0.29, 0.717) is 41.7 Å². The quantitative estimate of drug-likeness (QED) is 0.855. The summed E-state index contributed by atoms with van der Waals surface area (Å²) in [6, 6.07) is 14.6. The molecule has 2 aromatic carbocycles. The molecule has 2 atom stereocenters. The summed E-state index contributed by atoms with van der Waals surface area (Å²) < 4.78 is 27.4. The SMILES string of the molecule is CC1CC(C)CN(S(=O)(=O)c2ccc(NC(=O)c3cccc(C#N)c3)cc2)C1. The van der Waals surface area contributed by atoms with Crippen LogP contribution in [0.4, 0.5) is 5.69 Å². The molecule has 0 saturated carbocycles. The van der Waals surface area contributed by atoms with Crippen molar-refractivity contribution < 1.29 is 13.2 Å². The highest BCUT2D eigenvalue weighted by molar-refractivity contribution is 7.89. The molecule has 7 heteroatoms. The number of amides is 1. The van der Waals surface area contributed by atoms with Crippen molar-refractivity contribution in [2.24, 2.45) is 11.8 Å². The van der Waals surface area contributed by atoms with Gasteiger partial charge < -0.3 is 5.32 Å². The third-order valence-corrected chi connectivity index (χ3v) is 6.69. The van der Waals surface area contributed by atoms with Gasteiger partial charge in [0.1, 0.15) is 0 Å². The first-order valence-electron chi connectivity index (χ1n) is 9.21. The van der Waals surface area contributed by atoms with Crippen molar-refractivity contribution in [3.05, 3.63) is 59.7 Å². The fourth-order valence-corrected chi connectivity index (χ4v) is 5.27. The first-order chi connectivity index (χ1) is 13.3. The molecule has 2 aromatic rings. The fraction of sp³-hybridized carbons (Fsp3) is 0.333. The van der Waals surface area contributed by atoms with Gasteiger partial charge in [0.2, 0.25) is 10.0 Å². The average Bonchev–Trinajstić information content (AvgIpc) is 2.67. The summed E-state index contributed by atoms with van der Waals surface area (Å²) in [4.78, 5) is 12.6. The zero-order valence-corrected chi connectivity index (χ0v) is 16.7. The van der Waals surface area contributed by atoms with Gasteiger partial charge in [0.25, 0.3) is 5.91 Å². The normalized spacial score (nSPS) is 20.3. The van der Waals surface area contributed by atoms with Gasteiger partial charge in [-0.3, -0.25) is 4.79 Å². The van der Waals surface area contributed by atoms with Gasteiger partial charge in [-0.15, -0.1) is 0 Å². The Bertz CT molecular complexity index is 1000. The number of carbonyl (C=O) groups is 1. The molecule has 0 radical (unpaired) electrons. The van der Waals surface area contributed by atoms with Gasteiger partial charge in [-0.2, -0.15) is 9.57 Å². The maximum absolute atomic E-state index is 12.9. The van der Waals surface area contributed by atoms with Crippen LogP contribution in [0.1, 0.15) is 36.2 Å². The van der Waals surface area contributed by atoms with Crippen molar-refractivity contribution in [2.45, 2.75) is 25.2 Å². The summed E-state index contributed by atoms with van der Waals surface area (Å²) in [5.41, 5.74) is 1.26. The number of rotatable bonds is 4. The van der Waals surface area contributed by atoms with Crippen LogP contribution in [0.2, 0.25) is 0 Å². The Morgan fingerprint density at radius 1 is 1.11 bits per heavy atom. The predicted molar refractivity (Wildman–Crippen MR) is 107 cm³/mol. The molecule has 146 valence electrons. The number of anilines is 1. The van der Waals surface area contributed by atoms with Crippen molar-refractivity contribution in [1.29, 1.82) is 5.26 Å². The van der Waals surface area contributed by atoms with Gasteiger partial charge in [0.05, 0.1) is 16.5 Å². The molecule has 28 heavy (non-hydrogen) atoms. The van der Waals surface area contributed by atoms with E-state index < -0.39 is 10.0 Å². The number of carbonyl (C=O) groups excluding carboxylic acids is 1. The van der Waals surface area contributed by atoms with Crippen molar-refractivity contribution in [1.82, 2.24) is 4.31 Å². The summed E-state index contributed by atoms with van der Waals surface area (Å²) >= 11 is 0. The minimum absolute atomic E-state index is 0.221. The number of piperidine rings is 1. The second kappa shape index (κ2) is 8.13. The maximum atomic E-state index is 12.9. The molecule has 3 rings (SSSR count). The molecule has 1 N–H and O–H groups in total. The molecule has 1 heterocycles. The second-order valence-electron chi connectivity index (χ2n) is 7.44. The van der Waals surface area contributed by atoms with Crippen LogP contribution < -0.4 is 5.32 Å². The molecule has 0 aromatic heterocycles. The lowest BCUT2D eigenvalue weighted by Crippen LogP contribution is -2.42. The maximum Gasteiger partial charge on any atom is 0.255 e. The fourth-order valence-electron chi connectivity index (χ4n) is 3.59. The van der Waals surface area contributed by atoms with E-state index in [1.165, 1.54) is 18.2 Å². The van der Waals surface area contributed by atoms with Crippen molar-refractivity contribution in [2.75, 3.05) is 18.4 Å². The Morgan fingerprint density at radius 3 is 2.36 bits per heavy atom. The molecule has 0 aliphatic carbocycles. The average molecular weight is 398 g/mol. The largest absolute Gasteiger partial charge is 0.322 e. The molecular formula is C21H23N3O3S. The van der Waals surface area contributed by atoms with Crippen LogP contribution in [0.5, 0.6) is 0 Å². The topological polar surface area (TPSA) is 90.3 Å². The third kappa shape index (κ3) is 4.41. The van der Waals surface area contributed by atoms with Gasteiger partial charge in [-0.05, 0) is 60.7 Å². The molecule has 2 unspecified atom stereocenters. The van der Waals surface area contributed by atoms with Crippen LogP contribution in [0.15, 0.2) is 53.4 Å². The van der Waals surface area contributed by atoms with Gasteiger partial charge >= 0.3 is 0 Å². The Kier molecular flexibility index (Phi) is 5.82. The van der Waals surface area contributed by atoms with E-state index >= 15 is 0 Å². The lowest BCUT2D eigenvalue weighted by Gasteiger charge is -2.34. The minimum Gasteiger partial charge on any atom is -0.322 e. The summed E-state index contributed by atoms with van der Waals surface area (Å²) in [6.07, 6.45) is 1.03. The highest BCUT2D eigenvalue weighted by Gasteiger charge is 2.31. The van der Waals surface area contributed by atoms with Crippen LogP contribution >= 0.6 is 0 Å². The van der Waals surface area contributed by atoms with Crippen molar-refractivity contribution in [3.8, 4) is 6.07 Å². The molecule has 1 amide bonds. The Balaban J connectivity index is 1.74. The number of nitriles is 1. The molecule has 1 fully saturated rings. The lowest BCUT2D eigenvalue weighted by molar-refractivity contribution is 0.102. The van der Waals surface area contributed by atoms with E-state index in [4.69, 9.17) is 5.26 Å². The number of benzene rings is 2. The van der Waals surface area contributed by atoms with Crippen LogP contribution in [-0.4, -0.2) is 31.7 Å². The summed E-state index contributed by atoms with van der Waals surface area (Å²) in [5.74, 6) is 0.314. The third-order valence-electron chi connectivity index (χ3n) is 4.84. The number of nitrogens with one attached hydrogen (secondary N) is 1. The van der Waals surface area contributed by atoms with E-state index in [1.54, 1.807) is 34.6 Å². The van der Waals surface area contributed by atoms with Gasteiger partial charge in [-0.25, -0.2) is 8.42 Å². The molecule has 1 aliphatic heterocycles. The zero-order chi connectivity index (χ0) is 20.3. The van der Waals surface area contributed by atoms with Crippen LogP contribution in [0, 0.1) is 23.2 Å². The highest BCUT2D eigenvalue weighted by Crippen LogP contribution is 2.27. The standard InChI is InChI=1S/C21H23N3O3S/c1-15-10-16(2)14-24(13-15)28(26,27)20-8-6-19(7-9-20)23-21(25)18-5-3-4-17(11-18)12-22/h3-9,11,15-16H,10,13-14H2,1-2H3,(H,23,25). The van der Waals surface area contributed by atoms with Crippen LogP contribution in [0.25, 0.3) is 0 Å². The molecule has 0 spiro atoms. The number of sulfonamides is 1. The number of hydrogen-bond donors (Lipinski definition) is 1. The molecular weight excluding hydrogens is 374 g/mol.